The number of aliphatic hydroxyl groups is 2. The van der Waals surface area contributed by atoms with Gasteiger partial charge in [-0.1, -0.05) is 0 Å². The van der Waals surface area contributed by atoms with Gasteiger partial charge in [-0.3, -0.25) is 0 Å². The molecule has 0 aliphatic heterocycles. The smallest absolute Gasteiger partial charge is 0.123 e. The zero-order valence-electron chi connectivity index (χ0n) is 11.4. The topological polar surface area (TPSA) is 61.7 Å². The van der Waals surface area contributed by atoms with E-state index in [4.69, 9.17) is 9.84 Å². The molecule has 0 amide bonds. The van der Waals surface area contributed by atoms with Crippen molar-refractivity contribution in [3.05, 3.63) is 30.1 Å². The first-order valence-corrected chi connectivity index (χ1v) is 7.83. The van der Waals surface area contributed by atoms with Crippen molar-refractivity contribution in [1.82, 2.24) is 5.32 Å². The third-order valence-electron chi connectivity index (χ3n) is 2.51. The maximum Gasteiger partial charge on any atom is 0.123 e. The maximum absolute atomic E-state index is 12.7. The largest absolute Gasteiger partial charge is 0.491 e. The molecule has 1 unspecified atom stereocenters. The summed E-state index contributed by atoms with van der Waals surface area (Å²) in [5.41, 5.74) is 0. The van der Waals surface area contributed by atoms with Gasteiger partial charge >= 0.3 is 0 Å². The van der Waals surface area contributed by atoms with Gasteiger partial charge < -0.3 is 20.3 Å². The van der Waals surface area contributed by atoms with Crippen LogP contribution in [-0.4, -0.2) is 54.1 Å². The van der Waals surface area contributed by atoms with E-state index in [1.54, 1.807) is 11.8 Å². The molecule has 4 nitrogen and oxygen atoms in total. The predicted molar refractivity (Wildman–Crippen MR) is 79.8 cm³/mol. The molecule has 0 radical (unpaired) electrons. The summed E-state index contributed by atoms with van der Waals surface area (Å²) in [4.78, 5) is 0. The zero-order valence-corrected chi connectivity index (χ0v) is 12.2. The normalized spacial score (nSPS) is 12.3. The fourth-order valence-electron chi connectivity index (χ4n) is 1.46. The molecule has 0 bridgehead atoms. The van der Waals surface area contributed by atoms with E-state index in [-0.39, 0.29) is 19.0 Å². The summed E-state index contributed by atoms with van der Waals surface area (Å²) in [6.07, 6.45) is 0.223. The molecule has 20 heavy (non-hydrogen) atoms. The minimum Gasteiger partial charge on any atom is -0.491 e. The van der Waals surface area contributed by atoms with Crippen LogP contribution in [0.15, 0.2) is 24.3 Å². The Balaban J connectivity index is 2.00. The Labute approximate surface area is 123 Å². The molecule has 0 saturated heterocycles. The molecule has 0 aliphatic carbocycles. The van der Waals surface area contributed by atoms with Crippen LogP contribution in [0.3, 0.4) is 0 Å². The van der Waals surface area contributed by atoms with Gasteiger partial charge in [-0.05, 0) is 36.4 Å². The SMILES string of the molecule is OCCCSCCNCC(O)COc1ccc(F)cc1. The van der Waals surface area contributed by atoms with Crippen LogP contribution < -0.4 is 10.1 Å². The summed E-state index contributed by atoms with van der Waals surface area (Å²) in [7, 11) is 0. The third-order valence-corrected chi connectivity index (χ3v) is 3.58. The molecule has 0 aromatic heterocycles. The highest BCUT2D eigenvalue weighted by atomic mass is 32.2. The molecule has 0 saturated carbocycles. The van der Waals surface area contributed by atoms with E-state index in [2.05, 4.69) is 5.32 Å². The van der Waals surface area contributed by atoms with Crippen molar-refractivity contribution in [2.45, 2.75) is 12.5 Å². The Hall–Kier alpha value is -0.820. The average Bonchev–Trinajstić information content (AvgIpc) is 2.46. The lowest BCUT2D eigenvalue weighted by molar-refractivity contribution is 0.107. The molecule has 1 aromatic carbocycles. The van der Waals surface area contributed by atoms with Crippen LogP contribution in [0, 0.1) is 5.82 Å². The van der Waals surface area contributed by atoms with Crippen LogP contribution >= 0.6 is 11.8 Å². The van der Waals surface area contributed by atoms with Gasteiger partial charge in [0, 0.05) is 25.4 Å². The average molecular weight is 303 g/mol. The van der Waals surface area contributed by atoms with Crippen molar-refractivity contribution in [3.63, 3.8) is 0 Å². The van der Waals surface area contributed by atoms with Gasteiger partial charge in [0.15, 0.2) is 0 Å². The van der Waals surface area contributed by atoms with E-state index in [1.165, 1.54) is 24.3 Å². The summed E-state index contributed by atoms with van der Waals surface area (Å²) in [6.45, 7) is 1.68. The monoisotopic (exact) mass is 303 g/mol. The van der Waals surface area contributed by atoms with Crippen LogP contribution in [0.5, 0.6) is 5.75 Å². The van der Waals surface area contributed by atoms with Gasteiger partial charge in [0.2, 0.25) is 0 Å². The summed E-state index contributed by atoms with van der Waals surface area (Å²) >= 11 is 1.77. The Bertz CT molecular complexity index is 351. The van der Waals surface area contributed by atoms with E-state index in [1.807, 2.05) is 0 Å². The Morgan fingerprint density at radius 3 is 2.70 bits per heavy atom. The number of benzene rings is 1. The number of aliphatic hydroxyl groups excluding tert-OH is 2. The van der Waals surface area contributed by atoms with E-state index < -0.39 is 6.10 Å². The van der Waals surface area contributed by atoms with Gasteiger partial charge in [-0.15, -0.1) is 0 Å². The second-order valence-corrected chi connectivity index (χ2v) is 5.54. The first-order valence-electron chi connectivity index (χ1n) is 6.68. The number of thioether (sulfide) groups is 1. The predicted octanol–water partition coefficient (Wildman–Crippen LogP) is 1.27. The van der Waals surface area contributed by atoms with Gasteiger partial charge in [-0.2, -0.15) is 11.8 Å². The quantitative estimate of drug-likeness (QED) is 0.537. The minimum atomic E-state index is -0.595. The van der Waals surface area contributed by atoms with E-state index in [0.717, 1.165) is 24.5 Å². The molecule has 0 heterocycles. The molecular formula is C14H22FNO3S. The second kappa shape index (κ2) is 10.9. The molecule has 1 aromatic rings. The third kappa shape index (κ3) is 8.37. The lowest BCUT2D eigenvalue weighted by Crippen LogP contribution is -2.32. The Kier molecular flexibility index (Phi) is 9.40. The number of hydrogen-bond acceptors (Lipinski definition) is 5. The molecule has 1 rings (SSSR count). The van der Waals surface area contributed by atoms with Gasteiger partial charge in [0.25, 0.3) is 0 Å². The van der Waals surface area contributed by atoms with Crippen molar-refractivity contribution >= 4 is 11.8 Å². The summed E-state index contributed by atoms with van der Waals surface area (Å²) in [6, 6.07) is 5.72. The van der Waals surface area contributed by atoms with Gasteiger partial charge in [0.05, 0.1) is 0 Å². The maximum atomic E-state index is 12.7. The summed E-state index contributed by atoms with van der Waals surface area (Å²) in [5.74, 6) is 2.14. The van der Waals surface area contributed by atoms with E-state index in [0.29, 0.717) is 12.3 Å². The van der Waals surface area contributed by atoms with Gasteiger partial charge in [-0.25, -0.2) is 4.39 Å². The van der Waals surface area contributed by atoms with Crippen LogP contribution in [0.25, 0.3) is 0 Å². The van der Waals surface area contributed by atoms with Crippen LogP contribution in [-0.2, 0) is 0 Å². The van der Waals surface area contributed by atoms with Crippen molar-refractivity contribution in [3.8, 4) is 5.75 Å². The standard InChI is InChI=1S/C14H22FNO3S/c15-12-2-4-14(5-3-12)19-11-13(18)10-16-6-9-20-8-1-7-17/h2-5,13,16-18H,1,6-11H2. The minimum absolute atomic E-state index is 0.177. The lowest BCUT2D eigenvalue weighted by Gasteiger charge is -2.13. The number of hydrogen-bond donors (Lipinski definition) is 3. The Morgan fingerprint density at radius 2 is 2.00 bits per heavy atom. The highest BCUT2D eigenvalue weighted by Crippen LogP contribution is 2.11. The molecule has 0 aliphatic rings. The fraction of sp³-hybridized carbons (Fsp3) is 0.571. The number of nitrogens with one attached hydrogen (secondary N) is 1. The van der Waals surface area contributed by atoms with Crippen LogP contribution in [0.4, 0.5) is 4.39 Å². The highest BCUT2D eigenvalue weighted by molar-refractivity contribution is 7.99. The second-order valence-electron chi connectivity index (χ2n) is 4.31. The molecular weight excluding hydrogens is 281 g/mol. The molecule has 0 fully saturated rings. The van der Waals surface area contributed by atoms with E-state index in [9.17, 15) is 9.50 Å². The van der Waals surface area contributed by atoms with Gasteiger partial charge in [0.1, 0.15) is 24.3 Å². The number of halogens is 1. The molecule has 114 valence electrons. The first-order chi connectivity index (χ1) is 9.72. The van der Waals surface area contributed by atoms with Crippen molar-refractivity contribution < 1.29 is 19.3 Å². The van der Waals surface area contributed by atoms with Crippen LogP contribution in [0.2, 0.25) is 0 Å². The summed E-state index contributed by atoms with van der Waals surface area (Å²) in [5, 5.41) is 21.5. The molecule has 3 N–H and O–H groups in total. The number of rotatable bonds is 11. The molecule has 0 spiro atoms. The summed E-state index contributed by atoms with van der Waals surface area (Å²) < 4.78 is 18.0. The van der Waals surface area contributed by atoms with E-state index >= 15 is 0 Å². The fourth-order valence-corrected chi connectivity index (χ4v) is 2.29. The lowest BCUT2D eigenvalue weighted by atomic mass is 10.3. The molecule has 1 atom stereocenters. The zero-order chi connectivity index (χ0) is 14.6. The van der Waals surface area contributed by atoms with Crippen LogP contribution in [0.1, 0.15) is 6.42 Å². The van der Waals surface area contributed by atoms with Crippen molar-refractivity contribution in [2.75, 3.05) is 37.8 Å². The first kappa shape index (κ1) is 17.2. The molecule has 6 heteroatoms. The highest BCUT2D eigenvalue weighted by Gasteiger charge is 2.04. The van der Waals surface area contributed by atoms with Crippen molar-refractivity contribution in [2.24, 2.45) is 0 Å². The van der Waals surface area contributed by atoms with Crippen molar-refractivity contribution in [1.29, 1.82) is 0 Å². The Morgan fingerprint density at radius 1 is 1.25 bits per heavy atom. The number of ether oxygens (including phenoxy) is 1.